The lowest BCUT2D eigenvalue weighted by atomic mass is 9.90. The van der Waals surface area contributed by atoms with Gasteiger partial charge in [-0.15, -0.1) is 0 Å². The number of sulfonamides is 1. The number of hydrogen-bond acceptors (Lipinski definition) is 7. The van der Waals surface area contributed by atoms with Gasteiger partial charge in [0.1, 0.15) is 17.7 Å². The van der Waals surface area contributed by atoms with E-state index < -0.39 is 16.1 Å². The van der Waals surface area contributed by atoms with E-state index in [0.29, 0.717) is 44.4 Å². The second-order valence-corrected chi connectivity index (χ2v) is 13.1. The van der Waals surface area contributed by atoms with Crippen LogP contribution in [0.4, 0.5) is 5.82 Å². The number of fused-ring (bicyclic) bond motifs is 5. The number of benzene rings is 1. The minimum atomic E-state index is -3.40. The van der Waals surface area contributed by atoms with E-state index in [9.17, 15) is 13.2 Å². The fourth-order valence-corrected chi connectivity index (χ4v) is 8.20. The molecule has 3 aliphatic rings. The molecule has 1 amide bonds. The molecule has 1 saturated carbocycles. The predicted octanol–water partition coefficient (Wildman–Crippen LogP) is 2.59. The van der Waals surface area contributed by atoms with Gasteiger partial charge in [-0.25, -0.2) is 18.4 Å². The van der Waals surface area contributed by atoms with E-state index in [4.69, 9.17) is 9.97 Å². The zero-order chi connectivity index (χ0) is 25.4. The van der Waals surface area contributed by atoms with Gasteiger partial charge in [0.05, 0.1) is 17.3 Å². The maximum Gasteiger partial charge on any atom is 0.242 e. The molecule has 3 unspecified atom stereocenters. The average Bonchev–Trinajstić information content (AvgIpc) is 2.87. The van der Waals surface area contributed by atoms with Crippen molar-refractivity contribution in [3.63, 3.8) is 0 Å². The van der Waals surface area contributed by atoms with Gasteiger partial charge in [0.15, 0.2) is 0 Å². The van der Waals surface area contributed by atoms with Crippen LogP contribution in [-0.4, -0.2) is 77.0 Å². The summed E-state index contributed by atoms with van der Waals surface area (Å²) in [7, 11) is -3.40. The number of carbonyl (C=O) groups is 1. The zero-order valence-electron chi connectivity index (χ0n) is 21.5. The van der Waals surface area contributed by atoms with Crippen molar-refractivity contribution < 1.29 is 13.2 Å². The predicted molar refractivity (Wildman–Crippen MR) is 141 cm³/mol. The lowest BCUT2D eigenvalue weighted by Crippen LogP contribution is -2.60. The summed E-state index contributed by atoms with van der Waals surface area (Å²) < 4.78 is 29.0. The van der Waals surface area contributed by atoms with Crippen molar-refractivity contribution in [2.24, 2.45) is 11.8 Å². The number of para-hydroxylation sites is 1. The van der Waals surface area contributed by atoms with E-state index in [1.54, 1.807) is 4.31 Å². The first kappa shape index (κ1) is 25.4. The van der Waals surface area contributed by atoms with Crippen LogP contribution in [0.15, 0.2) is 24.3 Å². The van der Waals surface area contributed by atoms with E-state index in [1.165, 1.54) is 0 Å². The highest BCUT2D eigenvalue weighted by molar-refractivity contribution is 7.89. The van der Waals surface area contributed by atoms with Crippen LogP contribution in [0.2, 0.25) is 0 Å². The molecule has 3 heterocycles. The highest BCUT2D eigenvalue weighted by Crippen LogP contribution is 2.32. The number of aromatic nitrogens is 2. The summed E-state index contributed by atoms with van der Waals surface area (Å²) in [5.41, 5.74) is 0.830. The highest BCUT2D eigenvalue weighted by Gasteiger charge is 2.41. The maximum atomic E-state index is 13.6. The van der Waals surface area contributed by atoms with E-state index in [-0.39, 0.29) is 29.0 Å². The second-order valence-electron chi connectivity index (χ2n) is 10.9. The second kappa shape index (κ2) is 10.2. The molecule has 9 nitrogen and oxygen atoms in total. The van der Waals surface area contributed by atoms with Crippen molar-refractivity contribution in [3.8, 4) is 0 Å². The maximum absolute atomic E-state index is 13.6. The number of anilines is 1. The number of rotatable bonds is 3. The molecule has 36 heavy (non-hydrogen) atoms. The van der Waals surface area contributed by atoms with Crippen LogP contribution in [0.3, 0.4) is 0 Å². The highest BCUT2D eigenvalue weighted by atomic mass is 32.2. The third-order valence-electron chi connectivity index (χ3n) is 8.09. The molecule has 5 rings (SSSR count). The van der Waals surface area contributed by atoms with Gasteiger partial charge in [-0.1, -0.05) is 45.7 Å². The van der Waals surface area contributed by atoms with Crippen molar-refractivity contribution in [2.45, 2.75) is 70.3 Å². The van der Waals surface area contributed by atoms with Crippen LogP contribution in [0.25, 0.3) is 10.9 Å². The molecular formula is C26H38N6O3S. The Hall–Kier alpha value is -2.30. The lowest BCUT2D eigenvalue weighted by Gasteiger charge is -2.42. The van der Waals surface area contributed by atoms with Crippen molar-refractivity contribution >= 4 is 32.7 Å². The summed E-state index contributed by atoms with van der Waals surface area (Å²) >= 11 is 0. The molecule has 2 N–H and O–H groups in total. The van der Waals surface area contributed by atoms with Gasteiger partial charge >= 0.3 is 0 Å². The van der Waals surface area contributed by atoms with Crippen LogP contribution in [0.1, 0.15) is 52.3 Å². The third kappa shape index (κ3) is 4.95. The Morgan fingerprint density at radius 3 is 2.64 bits per heavy atom. The van der Waals surface area contributed by atoms with Crippen LogP contribution < -0.4 is 10.6 Å². The molecule has 1 aromatic carbocycles. The average molecular weight is 515 g/mol. The molecule has 1 aromatic heterocycles. The van der Waals surface area contributed by atoms with Gasteiger partial charge in [0.2, 0.25) is 15.9 Å². The summed E-state index contributed by atoms with van der Waals surface area (Å²) in [5, 5.41) is 7.07. The Morgan fingerprint density at radius 1 is 1.08 bits per heavy atom. The Balaban J connectivity index is 1.46. The van der Waals surface area contributed by atoms with E-state index in [0.717, 1.165) is 36.6 Å². The summed E-state index contributed by atoms with van der Waals surface area (Å²) in [6, 6.07) is 7.21. The normalized spacial score (nSPS) is 28.7. The Kier molecular flexibility index (Phi) is 7.20. The largest absolute Gasteiger partial charge is 0.358 e. The molecule has 4 atom stereocenters. The summed E-state index contributed by atoms with van der Waals surface area (Å²) in [5.74, 6) is 1.45. The van der Waals surface area contributed by atoms with Crippen molar-refractivity contribution in [2.75, 3.05) is 31.5 Å². The first-order chi connectivity index (χ1) is 17.2. The van der Waals surface area contributed by atoms with Crippen molar-refractivity contribution in [1.82, 2.24) is 24.5 Å². The Morgan fingerprint density at radius 2 is 1.86 bits per heavy atom. The number of carbonyl (C=O) groups excluding carboxylic acids is 1. The van der Waals surface area contributed by atoms with E-state index >= 15 is 0 Å². The molecule has 1 saturated heterocycles. The standard InChI is InChI=1S/C26H38N6O3S/c1-17(2)24-26(33)27-14-19-15-32(36(34,35)22-11-7-4-8-18(22)3)13-12-31(19)16-23-28-21-10-6-5-9-20(21)25(29-23)30-24/h5-6,9-10,17-19,22,24H,4,7-8,11-16H2,1-3H3,(H,27,33)(H,28,29,30)/t18?,19?,22?,24-/m0/s1. The molecule has 2 aliphatic heterocycles. The fraction of sp³-hybridized carbons (Fsp3) is 0.654. The van der Waals surface area contributed by atoms with Crippen molar-refractivity contribution in [3.05, 3.63) is 30.1 Å². The molecule has 2 fully saturated rings. The topological polar surface area (TPSA) is 108 Å². The van der Waals surface area contributed by atoms with Gasteiger partial charge < -0.3 is 10.6 Å². The van der Waals surface area contributed by atoms with Crippen LogP contribution in [0.5, 0.6) is 0 Å². The Labute approximate surface area is 214 Å². The van der Waals surface area contributed by atoms with Crippen LogP contribution in [0, 0.1) is 11.8 Å². The quantitative estimate of drug-likeness (QED) is 0.648. The number of nitrogens with zero attached hydrogens (tertiary/aromatic N) is 4. The van der Waals surface area contributed by atoms with Gasteiger partial charge in [-0.2, -0.15) is 4.31 Å². The summed E-state index contributed by atoms with van der Waals surface area (Å²) in [4.78, 5) is 25.2. The zero-order valence-corrected chi connectivity index (χ0v) is 22.3. The lowest BCUT2D eigenvalue weighted by molar-refractivity contribution is -0.123. The van der Waals surface area contributed by atoms with Gasteiger partial charge in [-0.3, -0.25) is 9.69 Å². The van der Waals surface area contributed by atoms with Gasteiger partial charge in [0, 0.05) is 37.6 Å². The molecule has 2 aromatic rings. The van der Waals surface area contributed by atoms with Crippen LogP contribution >= 0.6 is 0 Å². The summed E-state index contributed by atoms with van der Waals surface area (Å²) in [6.07, 6.45) is 3.78. The number of piperazine rings is 1. The van der Waals surface area contributed by atoms with Crippen LogP contribution in [-0.2, 0) is 21.4 Å². The first-order valence-electron chi connectivity index (χ1n) is 13.3. The first-order valence-corrected chi connectivity index (χ1v) is 14.8. The summed E-state index contributed by atoms with van der Waals surface area (Å²) in [6.45, 7) is 8.36. The Bertz CT molecular complexity index is 1220. The smallest absolute Gasteiger partial charge is 0.242 e. The number of nitrogens with one attached hydrogen (secondary N) is 2. The molecule has 0 spiro atoms. The van der Waals surface area contributed by atoms with E-state index in [1.807, 2.05) is 38.1 Å². The van der Waals surface area contributed by atoms with Gasteiger partial charge in [-0.05, 0) is 36.8 Å². The number of amides is 1. The third-order valence-corrected chi connectivity index (χ3v) is 10.6. The SMILES string of the molecule is CC1CCCCC1S(=O)(=O)N1CCN2Cc3nc(c4ccccc4n3)N[C@@H](C(C)C)C(=O)NCC2C1. The number of hydrogen-bond donors (Lipinski definition) is 2. The molecule has 196 valence electrons. The minimum absolute atomic E-state index is 0.0371. The van der Waals surface area contributed by atoms with Gasteiger partial charge in [0.25, 0.3) is 0 Å². The van der Waals surface area contributed by atoms with Crippen molar-refractivity contribution in [1.29, 1.82) is 0 Å². The minimum Gasteiger partial charge on any atom is -0.358 e. The molecule has 0 radical (unpaired) electrons. The molecule has 10 heteroatoms. The molecule has 1 aliphatic carbocycles. The fourth-order valence-electron chi connectivity index (χ4n) is 5.91. The molecular weight excluding hydrogens is 476 g/mol. The molecule has 2 bridgehead atoms. The van der Waals surface area contributed by atoms with E-state index in [2.05, 4.69) is 22.5 Å². The monoisotopic (exact) mass is 514 g/mol.